The van der Waals surface area contributed by atoms with Crippen molar-refractivity contribution in [3.05, 3.63) is 0 Å². The molecule has 4 heteroatoms. The van der Waals surface area contributed by atoms with Gasteiger partial charge in [0.25, 0.3) is 0 Å². The second-order valence-electron chi connectivity index (χ2n) is 6.35. The van der Waals surface area contributed by atoms with Gasteiger partial charge >= 0.3 is 0 Å². The molecule has 0 fully saturated rings. The molecular formula is C14H31NO2S. The highest BCUT2D eigenvalue weighted by Crippen LogP contribution is 2.26. The fourth-order valence-corrected chi connectivity index (χ4v) is 2.93. The van der Waals surface area contributed by atoms with Crippen LogP contribution in [0.4, 0.5) is 0 Å². The normalized spacial score (nSPS) is 16.2. The van der Waals surface area contributed by atoms with Gasteiger partial charge in [-0.2, -0.15) is 0 Å². The van der Waals surface area contributed by atoms with Crippen LogP contribution in [-0.2, 0) is 9.84 Å². The molecule has 3 nitrogen and oxygen atoms in total. The first-order valence-electron chi connectivity index (χ1n) is 7.05. The quantitative estimate of drug-likeness (QED) is 0.705. The van der Waals surface area contributed by atoms with Gasteiger partial charge < -0.3 is 5.32 Å². The fourth-order valence-electron chi connectivity index (χ4n) is 1.68. The fraction of sp³-hybridized carbons (Fsp3) is 1.00. The van der Waals surface area contributed by atoms with Gasteiger partial charge in [0.2, 0.25) is 0 Å². The lowest BCUT2D eigenvalue weighted by molar-refractivity contribution is 0.277. The minimum Gasteiger partial charge on any atom is -0.316 e. The van der Waals surface area contributed by atoms with Crippen molar-refractivity contribution < 1.29 is 8.42 Å². The lowest BCUT2D eigenvalue weighted by atomic mass is 9.84. The first-order valence-corrected chi connectivity index (χ1v) is 8.77. The standard InChI is InChI=1S/C14H31NO2S/c1-7-14(6,11-15-10-12(2)3)8-9-18(16,17)13(4)5/h12-13,15H,7-11H2,1-6H3. The summed E-state index contributed by atoms with van der Waals surface area (Å²) in [6.07, 6.45) is 1.75. The van der Waals surface area contributed by atoms with Crippen LogP contribution in [0.2, 0.25) is 0 Å². The van der Waals surface area contributed by atoms with E-state index in [9.17, 15) is 8.42 Å². The minimum absolute atomic E-state index is 0.0802. The Labute approximate surface area is 114 Å². The Kier molecular flexibility index (Phi) is 7.45. The molecule has 0 radical (unpaired) electrons. The van der Waals surface area contributed by atoms with E-state index in [1.54, 1.807) is 13.8 Å². The van der Waals surface area contributed by atoms with Gasteiger partial charge in [0.1, 0.15) is 0 Å². The average Bonchev–Trinajstić information content (AvgIpc) is 2.26. The van der Waals surface area contributed by atoms with Crippen LogP contribution in [0.25, 0.3) is 0 Å². The van der Waals surface area contributed by atoms with Crippen LogP contribution in [0.15, 0.2) is 0 Å². The maximum atomic E-state index is 11.9. The molecule has 0 aromatic heterocycles. The van der Waals surface area contributed by atoms with Crippen molar-refractivity contribution >= 4 is 9.84 Å². The molecule has 0 saturated carbocycles. The highest BCUT2D eigenvalue weighted by Gasteiger charge is 2.26. The number of sulfone groups is 1. The maximum Gasteiger partial charge on any atom is 0.152 e. The van der Waals surface area contributed by atoms with Crippen LogP contribution in [0.5, 0.6) is 0 Å². The molecule has 0 aromatic rings. The molecule has 0 aliphatic rings. The summed E-state index contributed by atoms with van der Waals surface area (Å²) in [5.41, 5.74) is 0.0802. The van der Waals surface area contributed by atoms with E-state index in [0.717, 1.165) is 25.9 Å². The number of nitrogens with one attached hydrogen (secondary N) is 1. The van der Waals surface area contributed by atoms with Gasteiger partial charge in [-0.25, -0.2) is 8.42 Å². The van der Waals surface area contributed by atoms with Crippen LogP contribution in [0.1, 0.15) is 54.4 Å². The molecular weight excluding hydrogens is 246 g/mol. The summed E-state index contributed by atoms with van der Waals surface area (Å²) in [4.78, 5) is 0. The zero-order chi connectivity index (χ0) is 14.4. The van der Waals surface area contributed by atoms with E-state index in [2.05, 4.69) is 33.0 Å². The Hall–Kier alpha value is -0.0900. The van der Waals surface area contributed by atoms with Crippen LogP contribution in [0, 0.1) is 11.3 Å². The molecule has 1 N–H and O–H groups in total. The van der Waals surface area contributed by atoms with Crippen molar-refractivity contribution in [1.29, 1.82) is 0 Å². The van der Waals surface area contributed by atoms with Crippen LogP contribution in [-0.4, -0.2) is 32.5 Å². The number of hydrogen-bond acceptors (Lipinski definition) is 3. The highest BCUT2D eigenvalue weighted by atomic mass is 32.2. The van der Waals surface area contributed by atoms with Gasteiger partial charge in [0.05, 0.1) is 11.0 Å². The topological polar surface area (TPSA) is 46.2 Å². The summed E-state index contributed by atoms with van der Waals surface area (Å²) < 4.78 is 23.7. The molecule has 0 amide bonds. The maximum absolute atomic E-state index is 11.9. The van der Waals surface area contributed by atoms with Gasteiger partial charge in [-0.05, 0) is 44.6 Å². The van der Waals surface area contributed by atoms with E-state index in [-0.39, 0.29) is 10.7 Å². The number of rotatable bonds is 9. The van der Waals surface area contributed by atoms with Crippen molar-refractivity contribution in [3.8, 4) is 0 Å². The molecule has 0 bridgehead atoms. The molecule has 1 unspecified atom stereocenters. The zero-order valence-electron chi connectivity index (χ0n) is 12.9. The summed E-state index contributed by atoms with van der Waals surface area (Å²) in [5, 5.41) is 3.19. The second-order valence-corrected chi connectivity index (χ2v) is 9.03. The molecule has 0 aromatic carbocycles. The molecule has 0 saturated heterocycles. The molecule has 110 valence electrons. The molecule has 0 heterocycles. The van der Waals surface area contributed by atoms with Crippen LogP contribution in [0.3, 0.4) is 0 Å². The molecule has 0 aliphatic carbocycles. The van der Waals surface area contributed by atoms with Gasteiger partial charge in [-0.3, -0.25) is 0 Å². The summed E-state index contributed by atoms with van der Waals surface area (Å²) in [5.74, 6) is 0.934. The lowest BCUT2D eigenvalue weighted by Crippen LogP contribution is -2.35. The zero-order valence-corrected chi connectivity index (χ0v) is 13.7. The smallest absolute Gasteiger partial charge is 0.152 e. The third-order valence-electron chi connectivity index (χ3n) is 3.67. The summed E-state index contributed by atoms with van der Waals surface area (Å²) >= 11 is 0. The van der Waals surface area contributed by atoms with Gasteiger partial charge in [0.15, 0.2) is 9.84 Å². The first-order chi connectivity index (χ1) is 8.13. The van der Waals surface area contributed by atoms with Gasteiger partial charge in [-0.1, -0.05) is 27.7 Å². The highest BCUT2D eigenvalue weighted by molar-refractivity contribution is 7.91. The Morgan fingerprint density at radius 3 is 2.11 bits per heavy atom. The molecule has 0 aliphatic heterocycles. The Morgan fingerprint density at radius 2 is 1.72 bits per heavy atom. The van der Waals surface area contributed by atoms with Crippen molar-refractivity contribution in [3.63, 3.8) is 0 Å². The van der Waals surface area contributed by atoms with E-state index < -0.39 is 9.84 Å². The largest absolute Gasteiger partial charge is 0.316 e. The lowest BCUT2D eigenvalue weighted by Gasteiger charge is -2.29. The van der Waals surface area contributed by atoms with Crippen molar-refractivity contribution in [2.45, 2.75) is 59.6 Å². The predicted octanol–water partition coefficient (Wildman–Crippen LogP) is 2.86. The third kappa shape index (κ3) is 6.74. The van der Waals surface area contributed by atoms with E-state index in [0.29, 0.717) is 11.7 Å². The predicted molar refractivity (Wildman–Crippen MR) is 79.6 cm³/mol. The number of hydrogen-bond donors (Lipinski definition) is 1. The summed E-state index contributed by atoms with van der Waals surface area (Å²) in [7, 11) is -2.91. The molecule has 18 heavy (non-hydrogen) atoms. The van der Waals surface area contributed by atoms with Crippen molar-refractivity contribution in [2.75, 3.05) is 18.8 Å². The van der Waals surface area contributed by atoms with Gasteiger partial charge in [0, 0.05) is 6.54 Å². The van der Waals surface area contributed by atoms with E-state index in [1.807, 2.05) is 0 Å². The average molecular weight is 277 g/mol. The Morgan fingerprint density at radius 1 is 1.17 bits per heavy atom. The van der Waals surface area contributed by atoms with Gasteiger partial charge in [-0.15, -0.1) is 0 Å². The second kappa shape index (κ2) is 7.49. The molecule has 0 rings (SSSR count). The first kappa shape index (κ1) is 17.9. The third-order valence-corrected chi connectivity index (χ3v) is 5.88. The van der Waals surface area contributed by atoms with E-state index >= 15 is 0 Å². The SMILES string of the molecule is CCC(C)(CCS(=O)(=O)C(C)C)CNCC(C)C. The monoisotopic (exact) mass is 277 g/mol. The van der Waals surface area contributed by atoms with Crippen molar-refractivity contribution in [2.24, 2.45) is 11.3 Å². The Balaban J connectivity index is 4.32. The molecule has 0 spiro atoms. The van der Waals surface area contributed by atoms with E-state index in [4.69, 9.17) is 0 Å². The van der Waals surface area contributed by atoms with Crippen molar-refractivity contribution in [1.82, 2.24) is 5.32 Å². The molecule has 1 atom stereocenters. The van der Waals surface area contributed by atoms with Crippen LogP contribution >= 0.6 is 0 Å². The summed E-state index contributed by atoms with van der Waals surface area (Å²) in [6, 6.07) is 0. The van der Waals surface area contributed by atoms with E-state index in [1.165, 1.54) is 0 Å². The summed E-state index contributed by atoms with van der Waals surface area (Å²) in [6.45, 7) is 14.1. The Bertz CT molecular complexity index is 323. The minimum atomic E-state index is -2.91. The van der Waals surface area contributed by atoms with Crippen LogP contribution < -0.4 is 5.32 Å².